The van der Waals surface area contributed by atoms with Crippen molar-refractivity contribution in [2.75, 3.05) is 0 Å². The summed E-state index contributed by atoms with van der Waals surface area (Å²) in [5, 5.41) is 30.6. The Hall–Kier alpha value is 0.566. The Kier molecular flexibility index (Phi) is 73.0. The number of carbonyl (C=O) groups excluding carboxylic acids is 3. The SMILES string of the molecule is CCCCCCCCCCCCCC(=O)[O-].CCCCCCCCCCCCCCCC(=O)[O-].CCCCCCCCCCCCCCCCCC(=O)[O-].[K+].[Mn+2]. The third-order valence-corrected chi connectivity index (χ3v) is 10.5. The summed E-state index contributed by atoms with van der Waals surface area (Å²) in [5.74, 6) is -2.71. The van der Waals surface area contributed by atoms with Gasteiger partial charge in [0, 0.05) is 17.9 Å². The van der Waals surface area contributed by atoms with E-state index in [1.165, 1.54) is 212 Å². The van der Waals surface area contributed by atoms with Crippen molar-refractivity contribution in [3.8, 4) is 0 Å². The van der Waals surface area contributed by atoms with E-state index in [1.54, 1.807) is 0 Å². The number of aliphatic carboxylic acids is 3. The van der Waals surface area contributed by atoms with Crippen LogP contribution in [0.2, 0.25) is 0 Å². The number of hydrogen-bond acceptors (Lipinski definition) is 6. The Morgan fingerprint density at radius 3 is 0.464 bits per heavy atom. The number of carboxylic acid groups (broad SMARTS) is 3. The van der Waals surface area contributed by atoms with Crippen molar-refractivity contribution in [2.45, 2.75) is 290 Å². The van der Waals surface area contributed by atoms with Crippen LogP contribution >= 0.6 is 0 Å². The molecule has 0 rings (SSSR count). The summed E-state index contributed by atoms with van der Waals surface area (Å²) in [6.45, 7) is 6.77. The Balaban J connectivity index is -0.000000230. The van der Waals surface area contributed by atoms with Gasteiger partial charge in [-0.25, -0.2) is 0 Å². The Bertz CT molecular complexity index is 738. The van der Waals surface area contributed by atoms with Gasteiger partial charge in [-0.15, -0.1) is 0 Å². The van der Waals surface area contributed by atoms with Gasteiger partial charge in [-0.2, -0.15) is 0 Å². The van der Waals surface area contributed by atoms with Crippen molar-refractivity contribution in [1.82, 2.24) is 0 Å². The number of unbranched alkanes of at least 4 members (excludes halogenated alkanes) is 36. The van der Waals surface area contributed by atoms with Crippen molar-refractivity contribution in [2.24, 2.45) is 0 Å². The molecule has 0 amide bonds. The van der Waals surface area contributed by atoms with Crippen molar-refractivity contribution in [3.63, 3.8) is 0 Å². The van der Waals surface area contributed by atoms with Crippen LogP contribution in [-0.4, -0.2) is 17.9 Å². The molecule has 0 aromatic carbocycles. The van der Waals surface area contributed by atoms with Crippen LogP contribution in [-0.2, 0) is 31.5 Å². The monoisotopic (exact) mass is 860 g/mol. The first-order chi connectivity index (χ1) is 26.3. The second-order valence-corrected chi connectivity index (χ2v) is 16.1. The van der Waals surface area contributed by atoms with E-state index in [9.17, 15) is 29.7 Å². The molecule has 0 aliphatic heterocycles. The first-order valence-electron chi connectivity index (χ1n) is 23.9. The minimum Gasteiger partial charge on any atom is -0.550 e. The predicted octanol–water partition coefficient (Wildman–Crippen LogP) is 9.65. The van der Waals surface area contributed by atoms with Crippen LogP contribution in [0.15, 0.2) is 0 Å². The van der Waals surface area contributed by atoms with Crippen LogP contribution in [0.5, 0.6) is 0 Å². The topological polar surface area (TPSA) is 120 Å². The molecule has 329 valence electrons. The van der Waals surface area contributed by atoms with E-state index < -0.39 is 17.9 Å². The average Bonchev–Trinajstić information content (AvgIpc) is 3.14. The van der Waals surface area contributed by atoms with Gasteiger partial charge in [0.05, 0.1) is 0 Å². The van der Waals surface area contributed by atoms with E-state index >= 15 is 0 Å². The molecule has 0 aromatic heterocycles. The molecule has 6 nitrogen and oxygen atoms in total. The van der Waals surface area contributed by atoms with E-state index in [-0.39, 0.29) is 87.7 Å². The Morgan fingerprint density at radius 1 is 0.250 bits per heavy atom. The van der Waals surface area contributed by atoms with Gasteiger partial charge in [0.25, 0.3) is 0 Å². The van der Waals surface area contributed by atoms with Gasteiger partial charge < -0.3 is 29.7 Å². The molecule has 0 N–H and O–H groups in total. The standard InChI is InChI=1S/C18H36O2.C16H32O2.C14H28O2.K.Mn/c1-2-3-4-5-6-7-8-9-10-11-12-13-14-15-16-17-18(19)20;1-2-3-4-5-6-7-8-9-10-11-12-13-14-15-16(17)18;1-2-3-4-5-6-7-8-9-10-11-12-13-14(15)16;;/h2-17H2,1H3,(H,19,20);2-15H2,1H3,(H,17,18);2-13H2,1H3,(H,15,16);;/q;;;+1;+2/p-3. The van der Waals surface area contributed by atoms with Crippen LogP contribution < -0.4 is 66.7 Å². The summed E-state index contributed by atoms with van der Waals surface area (Å²) in [5.41, 5.74) is 0. The number of hydrogen-bond donors (Lipinski definition) is 0. The largest absolute Gasteiger partial charge is 2.00 e. The molecule has 0 aromatic rings. The van der Waals surface area contributed by atoms with Crippen LogP contribution in [0.1, 0.15) is 290 Å². The third-order valence-electron chi connectivity index (χ3n) is 10.5. The molecule has 0 heterocycles. The number of carboxylic acids is 3. The van der Waals surface area contributed by atoms with E-state index in [0.717, 1.165) is 38.5 Å². The molecule has 1 radical (unpaired) electrons. The maximum atomic E-state index is 10.2. The molecule has 0 bridgehead atoms. The molecule has 8 heteroatoms. The number of rotatable bonds is 42. The molecule has 0 saturated heterocycles. The predicted molar refractivity (Wildman–Crippen MR) is 226 cm³/mol. The molecule has 0 unspecified atom stereocenters. The fourth-order valence-corrected chi connectivity index (χ4v) is 6.86. The van der Waals surface area contributed by atoms with E-state index in [2.05, 4.69) is 20.8 Å². The van der Waals surface area contributed by atoms with Gasteiger partial charge in [0.1, 0.15) is 0 Å². The second kappa shape index (κ2) is 62.2. The van der Waals surface area contributed by atoms with Crippen molar-refractivity contribution < 1.29 is 98.2 Å². The molecule has 0 saturated carbocycles. The zero-order valence-electron chi connectivity index (χ0n) is 38.0. The average molecular weight is 860 g/mol. The first kappa shape index (κ1) is 65.7. The van der Waals surface area contributed by atoms with Gasteiger partial charge in [0.2, 0.25) is 0 Å². The molecule has 56 heavy (non-hydrogen) atoms. The minimum absolute atomic E-state index is 0. The van der Waals surface area contributed by atoms with Crippen LogP contribution in [0.25, 0.3) is 0 Å². The Morgan fingerprint density at radius 2 is 0.357 bits per heavy atom. The summed E-state index contributed by atoms with van der Waals surface area (Å²) in [7, 11) is 0. The van der Waals surface area contributed by atoms with Gasteiger partial charge in [-0.05, 0) is 38.5 Å². The van der Waals surface area contributed by atoms with E-state index in [1.807, 2.05) is 0 Å². The van der Waals surface area contributed by atoms with Crippen molar-refractivity contribution in [3.05, 3.63) is 0 Å². The van der Waals surface area contributed by atoms with Crippen LogP contribution in [0.4, 0.5) is 0 Å². The van der Waals surface area contributed by atoms with Crippen LogP contribution in [0.3, 0.4) is 0 Å². The van der Waals surface area contributed by atoms with E-state index in [4.69, 9.17) is 0 Å². The van der Waals surface area contributed by atoms with Gasteiger partial charge in [0.15, 0.2) is 0 Å². The summed E-state index contributed by atoms with van der Waals surface area (Å²) in [6.07, 6.45) is 50.8. The smallest absolute Gasteiger partial charge is 0.550 e. The molecule has 0 spiro atoms. The third kappa shape index (κ3) is 75.4. The Labute approximate surface area is 402 Å². The fraction of sp³-hybridized carbons (Fsp3) is 0.938. The molecular formula is C48H93KMnO6. The van der Waals surface area contributed by atoms with Gasteiger partial charge >= 0.3 is 68.5 Å². The zero-order valence-corrected chi connectivity index (χ0v) is 42.3. The second-order valence-electron chi connectivity index (χ2n) is 16.1. The van der Waals surface area contributed by atoms with Crippen LogP contribution in [0, 0.1) is 0 Å². The van der Waals surface area contributed by atoms with Crippen molar-refractivity contribution in [1.29, 1.82) is 0 Å². The normalized spacial score (nSPS) is 10.3. The molecule has 0 atom stereocenters. The van der Waals surface area contributed by atoms with Gasteiger partial charge in [-0.1, -0.05) is 252 Å². The zero-order chi connectivity index (χ0) is 40.4. The molecule has 0 fully saturated rings. The summed E-state index contributed by atoms with van der Waals surface area (Å²) < 4.78 is 0. The summed E-state index contributed by atoms with van der Waals surface area (Å²) in [6, 6.07) is 0. The van der Waals surface area contributed by atoms with Gasteiger partial charge in [-0.3, -0.25) is 0 Å². The van der Waals surface area contributed by atoms with E-state index in [0.29, 0.717) is 0 Å². The maximum Gasteiger partial charge on any atom is 2.00 e. The fourth-order valence-electron chi connectivity index (χ4n) is 6.86. The summed E-state index contributed by atoms with van der Waals surface area (Å²) in [4.78, 5) is 30.6. The minimum atomic E-state index is -0.907. The number of carbonyl (C=O) groups is 3. The van der Waals surface area contributed by atoms with Crippen molar-refractivity contribution >= 4 is 17.9 Å². The molecular weight excluding hydrogens is 767 g/mol. The first-order valence-corrected chi connectivity index (χ1v) is 23.9. The molecule has 0 aliphatic rings. The quantitative estimate of drug-likeness (QED) is 0.0446. The maximum absolute atomic E-state index is 10.2. The summed E-state index contributed by atoms with van der Waals surface area (Å²) >= 11 is 0. The molecule has 0 aliphatic carbocycles.